The summed E-state index contributed by atoms with van der Waals surface area (Å²) in [5.41, 5.74) is 51.7. The predicted octanol–water partition coefficient (Wildman–Crippen LogP) is 39.2. The molecule has 9 aliphatic rings. The maximum atomic E-state index is 5.82. The molecule has 0 atom stereocenters. The van der Waals surface area contributed by atoms with Crippen LogP contribution in [0.2, 0.25) is 0 Å². The summed E-state index contributed by atoms with van der Waals surface area (Å²) in [5, 5.41) is 0. The van der Waals surface area contributed by atoms with Crippen LogP contribution in [0.4, 0.5) is 45.5 Å². The molecule has 138 heavy (non-hydrogen) atoms. The van der Waals surface area contributed by atoms with Gasteiger partial charge in [-0.15, -0.1) is 0 Å². The highest BCUT2D eigenvalue weighted by Gasteiger charge is 2.61. The molecule has 10 aromatic rings. The van der Waals surface area contributed by atoms with Gasteiger partial charge in [-0.3, -0.25) is 0 Å². The highest BCUT2D eigenvalue weighted by molar-refractivity contribution is 7.58. The first-order valence-corrected chi connectivity index (χ1v) is 56.8. The van der Waals surface area contributed by atoms with Crippen molar-refractivity contribution in [1.82, 2.24) is 8.75 Å². The Hall–Kier alpha value is -7.78. The van der Waals surface area contributed by atoms with Crippen molar-refractivity contribution in [1.29, 1.82) is 0 Å². The molecule has 0 saturated carbocycles. The molecule has 0 radical (unpaired) electrons. The predicted molar refractivity (Wildman–Crippen MR) is 598 cm³/mol. The minimum absolute atomic E-state index is 0.0496. The standard InChI is InChI=1S/C130H172N6S2/c1-37-123(38-2)69-115(21,22)101-85(123)65-86-102(116(23,24)70-124(86,39-3)40-4)97(101)81-53-57-93(77(17)61-81)135(94-58-54-82(62-78(94)18)98-103-87(125(41-5,42-6)71-117(103,25)26)66-88-104(98)118(27,28)72-126(88,43-7)44-8)113-109-111(133-137-131-109)114(112-110(113)132-138-134-112)136(95-59-55-83(63-79(95)19)99-105-89(127(45-9,46-10)73-119(105,29)30)67-90-106(99)120(31,32)74-128(90,47-11)48-12)96-60-56-84(64-80(96)20)100-107-91(129(49-13,50-14)75-121(107,33)34)68-92-108(100)122(35,36)76-130(92,51-15)52-16/h53-68H,37-52,69-76H2,1-36H3. The summed E-state index contributed by atoms with van der Waals surface area (Å²) < 4.78 is 23.3. The normalized spacial score (nSPS) is 21.4. The van der Waals surface area contributed by atoms with Crippen molar-refractivity contribution in [3.63, 3.8) is 0 Å². The molecule has 1 aliphatic heterocycles. The van der Waals surface area contributed by atoms with Crippen LogP contribution in [-0.4, -0.2) is 8.75 Å². The summed E-state index contributed by atoms with van der Waals surface area (Å²) in [6, 6.07) is 42.0. The lowest BCUT2D eigenvalue weighted by molar-refractivity contribution is 0.322. The van der Waals surface area contributed by atoms with Crippen molar-refractivity contribution in [3.8, 4) is 44.5 Å². The largest absolute Gasteiger partial charge is 0.306 e. The Morgan fingerprint density at radius 2 is 0.391 bits per heavy atom. The van der Waals surface area contributed by atoms with Crippen LogP contribution in [-0.2, 0) is 98.0 Å². The van der Waals surface area contributed by atoms with Crippen molar-refractivity contribution < 1.29 is 0 Å². The Balaban J connectivity index is 0.897. The molecule has 2 heterocycles. The number of hydrogen-bond acceptors (Lipinski definition) is 7. The monoisotopic (exact) mass is 1880 g/mol. The number of hydrogen-bond donors (Lipinski definition) is 0. The van der Waals surface area contributed by atoms with Crippen molar-refractivity contribution in [2.24, 2.45) is 8.73 Å². The Kier molecular flexibility index (Phi) is 23.6. The van der Waals surface area contributed by atoms with Crippen LogP contribution in [0.15, 0.2) is 106 Å². The summed E-state index contributed by atoms with van der Waals surface area (Å²) in [6.07, 6.45) is 27.3. The van der Waals surface area contributed by atoms with Gasteiger partial charge in [0.15, 0.2) is 0 Å². The lowest BCUT2D eigenvalue weighted by Gasteiger charge is -2.34. The summed E-state index contributed by atoms with van der Waals surface area (Å²) in [7, 11) is 0. The lowest BCUT2D eigenvalue weighted by atomic mass is 9.72. The Labute approximate surface area is 843 Å². The van der Waals surface area contributed by atoms with Crippen molar-refractivity contribution in [2.75, 3.05) is 9.80 Å². The molecule has 9 aromatic carbocycles. The van der Waals surface area contributed by atoms with E-state index in [1.165, 1.54) is 89.8 Å². The van der Waals surface area contributed by atoms with E-state index in [0.29, 0.717) is 0 Å². The van der Waals surface area contributed by atoms with Gasteiger partial charge in [0.05, 0.1) is 23.1 Å². The van der Waals surface area contributed by atoms with E-state index in [1.54, 1.807) is 89.0 Å². The van der Waals surface area contributed by atoms with Crippen LogP contribution in [0, 0.1) is 27.7 Å². The first-order chi connectivity index (χ1) is 65.0. The van der Waals surface area contributed by atoms with E-state index in [1.807, 2.05) is 0 Å². The van der Waals surface area contributed by atoms with E-state index in [0.717, 1.165) is 211 Å². The number of aryl methyl sites for hydroxylation is 4. The molecule has 0 unspecified atom stereocenters. The molecule has 1 aromatic heterocycles. The van der Waals surface area contributed by atoms with E-state index in [9.17, 15) is 0 Å². The number of fused-ring (bicyclic) bond motifs is 10. The molecule has 19 rings (SSSR count). The van der Waals surface area contributed by atoms with Gasteiger partial charge < -0.3 is 9.80 Å². The summed E-state index contributed by atoms with van der Waals surface area (Å²) in [6.45, 7) is 90.8. The van der Waals surface area contributed by atoms with Gasteiger partial charge >= 0.3 is 0 Å². The molecule has 8 heteroatoms. The third-order valence-corrected chi connectivity index (χ3v) is 42.6. The summed E-state index contributed by atoms with van der Waals surface area (Å²) >= 11 is 2.67. The number of nitrogens with zero attached hydrogens (tertiary/aromatic N) is 6. The zero-order valence-electron chi connectivity index (χ0n) is 92.7. The lowest BCUT2D eigenvalue weighted by Crippen LogP contribution is -2.26. The van der Waals surface area contributed by atoms with Crippen LogP contribution in [0.3, 0.4) is 0 Å². The second-order valence-electron chi connectivity index (χ2n) is 52.1. The van der Waals surface area contributed by atoms with Gasteiger partial charge in [0, 0.05) is 22.7 Å². The molecule has 0 N–H and O–H groups in total. The van der Waals surface area contributed by atoms with Gasteiger partial charge in [-0.1, -0.05) is 270 Å². The van der Waals surface area contributed by atoms with Crippen LogP contribution >= 0.6 is 11.7 Å². The van der Waals surface area contributed by atoms with E-state index in [2.05, 4.69) is 356 Å². The van der Waals surface area contributed by atoms with Crippen molar-refractivity contribution in [2.45, 2.75) is 490 Å². The van der Waals surface area contributed by atoms with Gasteiger partial charge in [-0.05, 0) is 473 Å². The van der Waals surface area contributed by atoms with E-state index in [-0.39, 0.29) is 86.6 Å². The quantitative estimate of drug-likeness (QED) is 0.0507. The molecule has 0 spiro atoms. The highest BCUT2D eigenvalue weighted by atomic mass is 32.1. The fourth-order valence-electron chi connectivity index (χ4n) is 34.8. The molecule has 0 fully saturated rings. The number of anilines is 6. The molecular formula is C130H172N6S2. The van der Waals surface area contributed by atoms with Gasteiger partial charge in [0.2, 0.25) is 0 Å². The maximum Gasteiger partial charge on any atom is 0.133 e. The summed E-state index contributed by atoms with van der Waals surface area (Å²) in [5.74, 6) is 0. The van der Waals surface area contributed by atoms with Crippen molar-refractivity contribution in [3.05, 3.63) is 208 Å². The molecule has 0 amide bonds. The minimum Gasteiger partial charge on any atom is -0.306 e. The second kappa shape index (κ2) is 32.9. The Morgan fingerprint density at radius 3 is 0.536 bits per heavy atom. The smallest absolute Gasteiger partial charge is 0.133 e. The fraction of sp³-hybridized carbons (Fsp3) is 0.585. The van der Waals surface area contributed by atoms with Crippen molar-refractivity contribution >= 4 is 79.6 Å². The highest BCUT2D eigenvalue weighted by Crippen LogP contribution is 2.72. The van der Waals surface area contributed by atoms with E-state index < -0.39 is 0 Å². The fourth-order valence-corrected chi connectivity index (χ4v) is 35.9. The number of rotatable bonds is 26. The molecule has 8 aliphatic carbocycles. The number of aromatic nitrogens is 2. The second-order valence-corrected chi connectivity index (χ2v) is 53.1. The van der Waals surface area contributed by atoms with E-state index >= 15 is 0 Å². The first kappa shape index (κ1) is 99.0. The zero-order chi connectivity index (χ0) is 99.6. The van der Waals surface area contributed by atoms with Crippen LogP contribution in [0.1, 0.15) is 487 Å². The first-order valence-electron chi connectivity index (χ1n) is 55.4. The topological polar surface area (TPSA) is 57.0 Å². The Bertz CT molecular complexity index is 5770. The average molecular weight is 1880 g/mol. The summed E-state index contributed by atoms with van der Waals surface area (Å²) in [4.78, 5) is 5.24. The Morgan fingerprint density at radius 1 is 0.232 bits per heavy atom. The van der Waals surface area contributed by atoms with Gasteiger partial charge in [0.25, 0.3) is 0 Å². The third-order valence-electron chi connectivity index (χ3n) is 41.6. The zero-order valence-corrected chi connectivity index (χ0v) is 94.3. The van der Waals surface area contributed by atoms with Gasteiger partial charge in [0.1, 0.15) is 33.8 Å². The van der Waals surface area contributed by atoms with Crippen LogP contribution < -0.4 is 9.80 Å². The molecule has 734 valence electrons. The minimum atomic E-state index is -0.0496. The van der Waals surface area contributed by atoms with Gasteiger partial charge in [-0.25, -0.2) is 0 Å². The molecular weight excluding hydrogens is 1710 g/mol. The van der Waals surface area contributed by atoms with Gasteiger partial charge in [-0.2, -0.15) is 17.5 Å². The maximum absolute atomic E-state index is 5.82. The molecule has 6 nitrogen and oxygen atoms in total. The van der Waals surface area contributed by atoms with Crippen LogP contribution in [0.5, 0.6) is 0 Å². The molecule has 0 bridgehead atoms. The van der Waals surface area contributed by atoms with E-state index in [4.69, 9.17) is 17.5 Å². The molecule has 0 saturated heterocycles. The third kappa shape index (κ3) is 13.5. The SMILES string of the molecule is CCC1(CC)CC(C)(C)c2c1cc1c(c2-c2ccc(N(c3ccc(-c4c5c(cc6c4C(C)(C)CC6(CC)CC)C(CC)(CC)CC5(C)C)cc3C)c3c4c(c(N(c5ccc(-c6c7c(cc8c6C(C)(C)CC8(CC)CC)C(CC)(CC)CC7(C)C)cc5C)c5ccc(-c6c7c(cc8c6C(C)(C)CC8(CC)CC)C(CC)(CC)CC7(C)C)cc5C)c5nsnc35)N=S=N4)c(C)c2)C(C)(C)CC1(CC)CC. The number of benzene rings is 9. The van der Waals surface area contributed by atoms with Crippen LogP contribution in [0.25, 0.3) is 55.5 Å². The average Bonchev–Trinajstić information content (AvgIpc) is 1.53.